The number of rotatable bonds is 3. The van der Waals surface area contributed by atoms with E-state index in [9.17, 15) is 9.36 Å². The molecule has 130 valence electrons. The van der Waals surface area contributed by atoms with Gasteiger partial charge in [0.15, 0.2) is 0 Å². The fourth-order valence-corrected chi connectivity index (χ4v) is 7.77. The summed E-state index contributed by atoms with van der Waals surface area (Å²) in [6.07, 6.45) is 2.77. The molecule has 2 aliphatic rings. The second-order valence-corrected chi connectivity index (χ2v) is 9.67. The van der Waals surface area contributed by atoms with Gasteiger partial charge in [0.25, 0.3) is 7.44 Å². The van der Waals surface area contributed by atoms with Crippen LogP contribution in [0.3, 0.4) is 0 Å². The van der Waals surface area contributed by atoms with Gasteiger partial charge in [0.2, 0.25) is 0 Å². The van der Waals surface area contributed by atoms with Crippen molar-refractivity contribution >= 4 is 24.6 Å². The Balaban J connectivity index is 1.78. The van der Waals surface area contributed by atoms with Crippen molar-refractivity contribution in [3.05, 3.63) is 60.7 Å². The number of carbonyl (C=O) groups is 1. The third kappa shape index (κ3) is 2.89. The van der Waals surface area contributed by atoms with Gasteiger partial charge in [0.1, 0.15) is 5.78 Å². The first-order chi connectivity index (χ1) is 12.2. The molecule has 0 radical (unpaired) electrons. The zero-order chi connectivity index (χ0) is 17.3. The van der Waals surface area contributed by atoms with Crippen LogP contribution in [0.4, 0.5) is 11.4 Å². The summed E-state index contributed by atoms with van der Waals surface area (Å²) in [5, 5.41) is 0. The quantitative estimate of drug-likeness (QED) is 0.748. The molecule has 2 fully saturated rings. The molecule has 1 aliphatic heterocycles. The summed E-state index contributed by atoms with van der Waals surface area (Å²) in [5.74, 6) is 0.249. The molecule has 1 saturated carbocycles. The van der Waals surface area contributed by atoms with Crippen LogP contribution < -0.4 is 9.34 Å². The molecule has 1 heterocycles. The zero-order valence-corrected chi connectivity index (χ0v) is 15.1. The molecule has 4 rings (SSSR count). The summed E-state index contributed by atoms with van der Waals surface area (Å²) in [5.41, 5.74) is 1.89. The van der Waals surface area contributed by atoms with Crippen LogP contribution in [0.1, 0.15) is 25.7 Å². The number of benzene rings is 2. The molecule has 0 spiro atoms. The molecule has 5 heteroatoms. The summed E-state index contributed by atoms with van der Waals surface area (Å²) in [7, 11) is -2.90. The average molecular weight is 354 g/mol. The summed E-state index contributed by atoms with van der Waals surface area (Å²) < 4.78 is 18.6. The van der Waals surface area contributed by atoms with Gasteiger partial charge >= 0.3 is 0 Å². The SMILES string of the molecule is O=C1CCCC(P2(=O)N(c3ccccc3)CCN2c2ccccc2)C1. The van der Waals surface area contributed by atoms with Crippen LogP contribution in [0.25, 0.3) is 0 Å². The van der Waals surface area contributed by atoms with Gasteiger partial charge in [-0.15, -0.1) is 0 Å². The summed E-state index contributed by atoms with van der Waals surface area (Å²) in [4.78, 5) is 12.1. The standard InChI is InChI=1S/C20H23N2O2P/c23-19-12-7-13-20(16-19)25(24)21(17-8-3-1-4-9-17)14-15-22(25)18-10-5-2-6-11-18/h1-6,8-11,20H,7,12-16H2. The fraction of sp³-hybridized carbons (Fsp3) is 0.350. The Hall–Kier alpha value is -2.06. The summed E-state index contributed by atoms with van der Waals surface area (Å²) in [6, 6.07) is 20.0. The molecule has 25 heavy (non-hydrogen) atoms. The highest BCUT2D eigenvalue weighted by atomic mass is 31.2. The zero-order valence-electron chi connectivity index (χ0n) is 14.3. The molecule has 0 bridgehead atoms. The topological polar surface area (TPSA) is 40.6 Å². The van der Waals surface area contributed by atoms with Gasteiger partial charge < -0.3 is 9.34 Å². The van der Waals surface area contributed by atoms with E-state index in [0.717, 1.165) is 37.3 Å². The molecule has 2 aromatic rings. The van der Waals surface area contributed by atoms with Gasteiger partial charge in [-0.25, -0.2) is 0 Å². The van der Waals surface area contributed by atoms with E-state index < -0.39 is 7.44 Å². The van der Waals surface area contributed by atoms with Crippen molar-refractivity contribution < 1.29 is 9.36 Å². The van der Waals surface area contributed by atoms with Crippen LogP contribution in [0.2, 0.25) is 0 Å². The minimum Gasteiger partial charge on any atom is -0.305 e. The molecule has 1 aliphatic carbocycles. The maximum Gasteiger partial charge on any atom is 0.266 e. The first-order valence-corrected chi connectivity index (χ1v) is 10.7. The van der Waals surface area contributed by atoms with E-state index >= 15 is 0 Å². The molecule has 1 atom stereocenters. The second-order valence-electron chi connectivity index (χ2n) is 6.80. The summed E-state index contributed by atoms with van der Waals surface area (Å²) >= 11 is 0. The second kappa shape index (κ2) is 6.68. The fourth-order valence-electron chi connectivity index (χ4n) is 4.08. The molecule has 1 saturated heterocycles. The maximum atomic E-state index is 14.5. The number of para-hydroxylation sites is 2. The van der Waals surface area contributed by atoms with E-state index in [2.05, 4.69) is 9.34 Å². The molecule has 0 aromatic heterocycles. The Morgan fingerprint density at radius 3 is 1.84 bits per heavy atom. The van der Waals surface area contributed by atoms with E-state index in [1.54, 1.807) is 0 Å². The molecular weight excluding hydrogens is 331 g/mol. The first-order valence-electron chi connectivity index (χ1n) is 8.97. The number of ketones is 1. The molecule has 1 unspecified atom stereocenters. The molecule has 0 N–H and O–H groups in total. The Morgan fingerprint density at radius 1 is 0.840 bits per heavy atom. The summed E-state index contributed by atoms with van der Waals surface area (Å²) in [6.45, 7) is 1.45. The smallest absolute Gasteiger partial charge is 0.266 e. The van der Waals surface area contributed by atoms with Gasteiger partial charge in [-0.05, 0) is 37.1 Å². The van der Waals surface area contributed by atoms with Gasteiger partial charge in [0.05, 0.1) is 5.66 Å². The van der Waals surface area contributed by atoms with Crippen molar-refractivity contribution in [3.8, 4) is 0 Å². The Bertz CT molecular complexity index is 742. The van der Waals surface area contributed by atoms with E-state index in [-0.39, 0.29) is 11.4 Å². The predicted molar refractivity (Wildman–Crippen MR) is 102 cm³/mol. The lowest BCUT2D eigenvalue weighted by atomic mass is 9.99. The van der Waals surface area contributed by atoms with Crippen molar-refractivity contribution in [2.24, 2.45) is 0 Å². The van der Waals surface area contributed by atoms with Crippen LogP contribution in [0.15, 0.2) is 60.7 Å². The van der Waals surface area contributed by atoms with E-state index in [1.165, 1.54) is 0 Å². The van der Waals surface area contributed by atoms with E-state index in [4.69, 9.17) is 0 Å². The van der Waals surface area contributed by atoms with Gasteiger partial charge in [-0.3, -0.25) is 9.36 Å². The largest absolute Gasteiger partial charge is 0.305 e. The van der Waals surface area contributed by atoms with Crippen LogP contribution in [0.5, 0.6) is 0 Å². The lowest BCUT2D eigenvalue weighted by Gasteiger charge is -2.39. The van der Waals surface area contributed by atoms with Crippen LogP contribution >= 0.6 is 7.44 Å². The number of anilines is 2. The Morgan fingerprint density at radius 2 is 1.36 bits per heavy atom. The number of Topliss-reactive ketones (excluding diaryl/α,β-unsaturated/α-hetero) is 1. The molecule has 2 aromatic carbocycles. The third-order valence-corrected chi connectivity index (χ3v) is 8.89. The van der Waals surface area contributed by atoms with Crippen molar-refractivity contribution in [3.63, 3.8) is 0 Å². The van der Waals surface area contributed by atoms with Crippen LogP contribution in [-0.4, -0.2) is 24.5 Å². The van der Waals surface area contributed by atoms with Crippen molar-refractivity contribution in [1.29, 1.82) is 0 Å². The van der Waals surface area contributed by atoms with Crippen molar-refractivity contribution in [2.75, 3.05) is 22.4 Å². The average Bonchev–Trinajstić information content (AvgIpc) is 3.02. The van der Waals surface area contributed by atoms with Crippen LogP contribution in [0, 0.1) is 0 Å². The number of carbonyl (C=O) groups excluding carboxylic acids is 1. The number of hydrogen-bond donors (Lipinski definition) is 0. The van der Waals surface area contributed by atoms with Gasteiger partial charge in [0, 0.05) is 37.3 Å². The number of nitrogens with zero attached hydrogens (tertiary/aromatic N) is 2. The Kier molecular flexibility index (Phi) is 4.39. The molecule has 0 amide bonds. The van der Waals surface area contributed by atoms with Gasteiger partial charge in [-0.2, -0.15) is 0 Å². The number of hydrogen-bond acceptors (Lipinski definition) is 2. The predicted octanol–water partition coefficient (Wildman–Crippen LogP) is 4.72. The van der Waals surface area contributed by atoms with Crippen LogP contribution in [-0.2, 0) is 9.36 Å². The van der Waals surface area contributed by atoms with Gasteiger partial charge in [-0.1, -0.05) is 36.4 Å². The lowest BCUT2D eigenvalue weighted by Crippen LogP contribution is -2.31. The highest BCUT2D eigenvalue weighted by Crippen LogP contribution is 2.65. The highest BCUT2D eigenvalue weighted by molar-refractivity contribution is 7.68. The highest BCUT2D eigenvalue weighted by Gasteiger charge is 2.50. The van der Waals surface area contributed by atoms with E-state index in [0.29, 0.717) is 12.8 Å². The monoisotopic (exact) mass is 354 g/mol. The first kappa shape index (κ1) is 16.4. The van der Waals surface area contributed by atoms with E-state index in [1.807, 2.05) is 60.7 Å². The minimum absolute atomic E-state index is 0.0864. The maximum absolute atomic E-state index is 14.5. The molecular formula is C20H23N2O2P. The lowest BCUT2D eigenvalue weighted by molar-refractivity contribution is -0.120. The molecule has 4 nitrogen and oxygen atoms in total. The van der Waals surface area contributed by atoms with Crippen molar-refractivity contribution in [2.45, 2.75) is 31.3 Å². The minimum atomic E-state index is -2.90. The van der Waals surface area contributed by atoms with Crippen molar-refractivity contribution in [1.82, 2.24) is 0 Å². The third-order valence-electron chi connectivity index (χ3n) is 5.26. The Labute approximate surface area is 148 Å². The normalized spacial score (nSPS) is 23.0.